The molecule has 0 bridgehead atoms. The number of pyridine rings is 1. The number of nitrogens with one attached hydrogen (secondary N) is 1. The Labute approximate surface area is 188 Å². The number of carboxylic acids is 1. The van der Waals surface area contributed by atoms with Gasteiger partial charge in [0.25, 0.3) is 5.91 Å². The number of carbonyl (C=O) groups excluding carboxylic acids is 1. The Morgan fingerprint density at radius 2 is 2.03 bits per heavy atom. The predicted molar refractivity (Wildman–Crippen MR) is 117 cm³/mol. The van der Waals surface area contributed by atoms with Gasteiger partial charge in [0.1, 0.15) is 17.9 Å². The highest BCUT2D eigenvalue weighted by Crippen LogP contribution is 2.21. The number of rotatable bonds is 6. The maximum atomic E-state index is 13.1. The normalized spacial score (nSPS) is 12.9. The summed E-state index contributed by atoms with van der Waals surface area (Å²) in [6.45, 7) is 1.40. The molecule has 1 amide bonds. The van der Waals surface area contributed by atoms with Gasteiger partial charge in [0, 0.05) is 18.3 Å². The summed E-state index contributed by atoms with van der Waals surface area (Å²) in [6, 6.07) is 12.7. The van der Waals surface area contributed by atoms with Crippen molar-refractivity contribution in [3.8, 4) is 17.1 Å². The number of fused-ring (bicyclic) bond motifs is 1. The lowest BCUT2D eigenvalue weighted by Gasteiger charge is -2.28. The molecule has 5 rings (SSSR count). The van der Waals surface area contributed by atoms with E-state index < -0.39 is 5.97 Å². The Balaban J connectivity index is 1.25. The van der Waals surface area contributed by atoms with Crippen LogP contribution in [-0.2, 0) is 19.7 Å². The summed E-state index contributed by atoms with van der Waals surface area (Å²) in [5, 5.41) is 20.2. The van der Waals surface area contributed by atoms with Crippen LogP contribution in [0.5, 0.6) is 5.75 Å². The molecule has 2 N–H and O–H groups in total. The number of benzene rings is 1. The first-order valence-electron chi connectivity index (χ1n) is 10.3. The highest BCUT2D eigenvalue weighted by Gasteiger charge is 2.27. The number of aromatic amines is 1. The first-order valence-corrected chi connectivity index (χ1v) is 10.3. The minimum atomic E-state index is -1.04. The number of H-pyrrole nitrogens is 1. The van der Waals surface area contributed by atoms with E-state index in [0.29, 0.717) is 30.1 Å². The summed E-state index contributed by atoms with van der Waals surface area (Å²) in [4.78, 5) is 30.5. The highest BCUT2D eigenvalue weighted by molar-refractivity contribution is 5.95. The SMILES string of the molecule is O=C(O)c1cnn2c1CN(C(=O)c1cccc(COc3ccc(-c4ccn[nH]4)nc3)c1)CC2. The van der Waals surface area contributed by atoms with Crippen LogP contribution in [0.3, 0.4) is 0 Å². The number of carbonyl (C=O) groups is 2. The quantitative estimate of drug-likeness (QED) is 0.468. The summed E-state index contributed by atoms with van der Waals surface area (Å²) in [5.74, 6) is -0.594. The largest absolute Gasteiger partial charge is 0.487 e. The van der Waals surface area contributed by atoms with Gasteiger partial charge in [-0.15, -0.1) is 0 Å². The van der Waals surface area contributed by atoms with Crippen molar-refractivity contribution in [3.63, 3.8) is 0 Å². The van der Waals surface area contributed by atoms with E-state index in [9.17, 15) is 14.7 Å². The van der Waals surface area contributed by atoms with Gasteiger partial charge in [-0.25, -0.2) is 4.79 Å². The van der Waals surface area contributed by atoms with E-state index in [4.69, 9.17) is 4.74 Å². The smallest absolute Gasteiger partial charge is 0.339 e. The molecule has 1 aliphatic heterocycles. The van der Waals surface area contributed by atoms with Gasteiger partial charge in [0.05, 0.1) is 42.6 Å². The second-order valence-electron chi connectivity index (χ2n) is 7.60. The van der Waals surface area contributed by atoms with Crippen molar-refractivity contribution in [3.05, 3.63) is 83.4 Å². The molecule has 0 aliphatic carbocycles. The van der Waals surface area contributed by atoms with Crippen LogP contribution in [-0.4, -0.2) is 53.4 Å². The van der Waals surface area contributed by atoms with Gasteiger partial charge in [-0.2, -0.15) is 10.2 Å². The average Bonchev–Trinajstić information content (AvgIpc) is 3.53. The van der Waals surface area contributed by atoms with E-state index >= 15 is 0 Å². The molecule has 0 spiro atoms. The molecule has 0 fully saturated rings. The van der Waals surface area contributed by atoms with E-state index in [1.54, 1.807) is 34.1 Å². The Bertz CT molecular complexity index is 1300. The lowest BCUT2D eigenvalue weighted by molar-refractivity contribution is 0.0665. The average molecular weight is 444 g/mol. The van der Waals surface area contributed by atoms with Crippen LogP contribution in [0.2, 0.25) is 0 Å². The number of nitrogens with zero attached hydrogens (tertiary/aromatic N) is 5. The van der Waals surface area contributed by atoms with Crippen molar-refractivity contribution >= 4 is 11.9 Å². The molecule has 33 heavy (non-hydrogen) atoms. The molecule has 0 saturated heterocycles. The number of aromatic nitrogens is 5. The van der Waals surface area contributed by atoms with E-state index in [2.05, 4.69) is 20.3 Å². The number of aromatic carboxylic acids is 1. The van der Waals surface area contributed by atoms with Gasteiger partial charge >= 0.3 is 5.97 Å². The predicted octanol–water partition coefficient (Wildman–Crippen LogP) is 2.60. The molecular weight excluding hydrogens is 424 g/mol. The number of hydrogen-bond donors (Lipinski definition) is 2. The van der Waals surface area contributed by atoms with Crippen molar-refractivity contribution < 1.29 is 19.4 Å². The summed E-state index contributed by atoms with van der Waals surface area (Å²) < 4.78 is 7.47. The summed E-state index contributed by atoms with van der Waals surface area (Å²) in [5.41, 5.74) is 3.61. The number of amides is 1. The number of carboxylic acid groups (broad SMARTS) is 1. The molecule has 0 saturated carbocycles. The molecule has 10 heteroatoms. The molecular formula is C23H20N6O4. The van der Waals surface area contributed by atoms with E-state index in [-0.39, 0.29) is 24.6 Å². The molecule has 0 unspecified atom stereocenters. The molecule has 4 heterocycles. The van der Waals surface area contributed by atoms with Crippen LogP contribution >= 0.6 is 0 Å². The fourth-order valence-corrected chi connectivity index (χ4v) is 3.76. The van der Waals surface area contributed by atoms with Crippen molar-refractivity contribution in [1.29, 1.82) is 0 Å². The van der Waals surface area contributed by atoms with E-state index in [1.165, 1.54) is 6.20 Å². The Hall–Kier alpha value is -4.47. The van der Waals surface area contributed by atoms with Gasteiger partial charge in [0.15, 0.2) is 0 Å². The summed E-state index contributed by atoms with van der Waals surface area (Å²) in [6.07, 6.45) is 4.64. The van der Waals surface area contributed by atoms with Crippen LogP contribution < -0.4 is 4.74 Å². The second kappa shape index (κ2) is 8.58. The highest BCUT2D eigenvalue weighted by atomic mass is 16.5. The molecule has 0 atom stereocenters. The van der Waals surface area contributed by atoms with Crippen molar-refractivity contribution in [2.45, 2.75) is 19.7 Å². The van der Waals surface area contributed by atoms with Crippen LogP contribution in [0, 0.1) is 0 Å². The van der Waals surface area contributed by atoms with Gasteiger partial charge in [-0.3, -0.25) is 19.6 Å². The third kappa shape index (κ3) is 4.18. The molecule has 0 radical (unpaired) electrons. The van der Waals surface area contributed by atoms with Gasteiger partial charge in [0.2, 0.25) is 0 Å². The van der Waals surface area contributed by atoms with Crippen LogP contribution in [0.1, 0.15) is 32.0 Å². The van der Waals surface area contributed by atoms with Gasteiger partial charge < -0.3 is 14.7 Å². The zero-order valence-electron chi connectivity index (χ0n) is 17.5. The fraction of sp³-hybridized carbons (Fsp3) is 0.174. The Kier molecular flexibility index (Phi) is 5.31. The molecule has 3 aromatic heterocycles. The third-order valence-electron chi connectivity index (χ3n) is 5.48. The van der Waals surface area contributed by atoms with Gasteiger partial charge in [-0.1, -0.05) is 12.1 Å². The minimum Gasteiger partial charge on any atom is -0.487 e. The Morgan fingerprint density at radius 3 is 2.79 bits per heavy atom. The van der Waals surface area contributed by atoms with Crippen molar-refractivity contribution in [2.24, 2.45) is 0 Å². The molecule has 4 aromatic rings. The van der Waals surface area contributed by atoms with E-state index in [0.717, 1.165) is 17.0 Å². The second-order valence-corrected chi connectivity index (χ2v) is 7.60. The number of hydrogen-bond acceptors (Lipinski definition) is 6. The molecule has 1 aliphatic rings. The lowest BCUT2D eigenvalue weighted by atomic mass is 10.1. The van der Waals surface area contributed by atoms with Gasteiger partial charge in [-0.05, 0) is 35.9 Å². The molecule has 10 nitrogen and oxygen atoms in total. The maximum Gasteiger partial charge on any atom is 0.339 e. The monoisotopic (exact) mass is 444 g/mol. The topological polar surface area (TPSA) is 126 Å². The number of ether oxygens (including phenoxy) is 1. The zero-order chi connectivity index (χ0) is 22.8. The summed E-state index contributed by atoms with van der Waals surface area (Å²) in [7, 11) is 0. The summed E-state index contributed by atoms with van der Waals surface area (Å²) >= 11 is 0. The lowest BCUT2D eigenvalue weighted by Crippen LogP contribution is -2.39. The minimum absolute atomic E-state index is 0.127. The van der Waals surface area contributed by atoms with Crippen molar-refractivity contribution in [2.75, 3.05) is 6.54 Å². The standard InChI is InChI=1S/C23H20N6O4/c30-22(28-8-9-29-21(13-28)18(12-26-29)23(31)32)16-3-1-2-15(10-16)14-33-17-4-5-19(24-11-17)20-6-7-25-27-20/h1-7,10-12H,8-9,13-14H2,(H,25,27)(H,31,32). The van der Waals surface area contributed by atoms with E-state index in [1.807, 2.05) is 30.3 Å². The van der Waals surface area contributed by atoms with Crippen LogP contribution in [0.15, 0.2) is 61.1 Å². The molecule has 166 valence electrons. The Morgan fingerprint density at radius 1 is 1.12 bits per heavy atom. The van der Waals surface area contributed by atoms with Crippen LogP contribution in [0.4, 0.5) is 0 Å². The maximum absolute atomic E-state index is 13.1. The first-order chi connectivity index (χ1) is 16.1. The zero-order valence-corrected chi connectivity index (χ0v) is 17.5. The molecule has 1 aromatic carbocycles. The van der Waals surface area contributed by atoms with Crippen molar-refractivity contribution in [1.82, 2.24) is 29.9 Å². The fourth-order valence-electron chi connectivity index (χ4n) is 3.76. The van der Waals surface area contributed by atoms with Crippen LogP contribution in [0.25, 0.3) is 11.4 Å². The third-order valence-corrected chi connectivity index (χ3v) is 5.48. The first kappa shape index (κ1) is 20.4.